The predicted octanol–water partition coefficient (Wildman–Crippen LogP) is 7.05. The van der Waals surface area contributed by atoms with Crippen LogP contribution in [0.4, 0.5) is 11.4 Å². The minimum atomic E-state index is -0.455. The Kier molecular flexibility index (Phi) is 8.71. The fraction of sp³-hybridized carbons (Fsp3) is 0.161. The van der Waals surface area contributed by atoms with E-state index in [0.29, 0.717) is 22.7 Å². The van der Waals surface area contributed by atoms with Crippen molar-refractivity contribution < 1.29 is 19.1 Å². The Morgan fingerprint density at radius 1 is 0.763 bits per heavy atom. The van der Waals surface area contributed by atoms with Gasteiger partial charge in [0.05, 0.1) is 14.2 Å². The number of methoxy groups -OCH3 is 2. The second-order valence-electron chi connectivity index (χ2n) is 8.76. The summed E-state index contributed by atoms with van der Waals surface area (Å²) in [4.78, 5) is 27.1. The number of hydrogen-bond donors (Lipinski definition) is 2. The molecular weight excluding hydrogens is 496 g/mol. The molecule has 4 rings (SSSR count). The molecule has 1 atom stereocenters. The number of hydrogen-bond acceptors (Lipinski definition) is 5. The lowest BCUT2D eigenvalue weighted by molar-refractivity contribution is -0.115. The van der Waals surface area contributed by atoms with Crippen molar-refractivity contribution in [2.45, 2.75) is 24.0 Å². The molecule has 0 saturated carbocycles. The largest absolute Gasteiger partial charge is 0.493 e. The molecule has 38 heavy (non-hydrogen) atoms. The van der Waals surface area contributed by atoms with Crippen LogP contribution in [0.2, 0.25) is 0 Å². The van der Waals surface area contributed by atoms with E-state index in [9.17, 15) is 9.59 Å². The van der Waals surface area contributed by atoms with Crippen LogP contribution in [0.25, 0.3) is 0 Å². The highest BCUT2D eigenvalue weighted by Crippen LogP contribution is 2.37. The van der Waals surface area contributed by atoms with Crippen LogP contribution < -0.4 is 20.1 Å². The highest BCUT2D eigenvalue weighted by Gasteiger charge is 2.23. The van der Waals surface area contributed by atoms with Crippen molar-refractivity contribution in [1.82, 2.24) is 0 Å². The van der Waals surface area contributed by atoms with Gasteiger partial charge in [0, 0.05) is 21.8 Å². The Labute approximate surface area is 227 Å². The molecule has 0 saturated heterocycles. The number of carbonyl (C=O) groups excluding carboxylic acids is 2. The minimum absolute atomic E-state index is 0.0982. The summed E-state index contributed by atoms with van der Waals surface area (Å²) in [7, 11) is 3.08. The van der Waals surface area contributed by atoms with Crippen LogP contribution in [0.15, 0.2) is 95.9 Å². The van der Waals surface area contributed by atoms with Gasteiger partial charge in [-0.2, -0.15) is 0 Å². The fourth-order valence-corrected chi connectivity index (χ4v) is 5.01. The van der Waals surface area contributed by atoms with Crippen LogP contribution in [-0.2, 0) is 4.79 Å². The summed E-state index contributed by atoms with van der Waals surface area (Å²) in [6, 6.07) is 28.1. The Balaban J connectivity index is 1.49. The van der Waals surface area contributed by atoms with Gasteiger partial charge in [0.15, 0.2) is 11.5 Å². The van der Waals surface area contributed by atoms with E-state index < -0.39 is 5.25 Å². The summed E-state index contributed by atoms with van der Waals surface area (Å²) in [6.07, 6.45) is 0. The van der Waals surface area contributed by atoms with E-state index in [1.54, 1.807) is 25.3 Å². The molecule has 2 amide bonds. The van der Waals surface area contributed by atoms with Crippen LogP contribution in [0, 0.1) is 13.8 Å². The van der Waals surface area contributed by atoms with Crippen molar-refractivity contribution >= 4 is 35.0 Å². The Bertz CT molecular complexity index is 1420. The quantitative estimate of drug-likeness (QED) is 0.229. The number of carbonyl (C=O) groups is 2. The molecule has 2 N–H and O–H groups in total. The third-order valence-electron chi connectivity index (χ3n) is 5.99. The molecule has 0 aliphatic carbocycles. The standard InChI is InChI=1S/C31H30N2O4S/c1-20-10-16-26(21(2)18-20)33-31(35)29(22-8-6-5-7-9-22)38-25-14-12-24(13-15-25)32-30(34)23-11-17-27(36-3)28(19-23)37-4/h5-19,29H,1-4H3,(H,32,34)(H,33,35). The van der Waals surface area contributed by atoms with E-state index in [2.05, 4.69) is 16.7 Å². The van der Waals surface area contributed by atoms with Gasteiger partial charge in [0.1, 0.15) is 5.25 Å². The number of amides is 2. The zero-order valence-corrected chi connectivity index (χ0v) is 22.6. The number of aryl methyl sites for hydroxylation is 2. The summed E-state index contributed by atoms with van der Waals surface area (Å²) in [5.41, 5.74) is 4.97. The molecule has 0 aliphatic heterocycles. The summed E-state index contributed by atoms with van der Waals surface area (Å²) in [5, 5.41) is 5.54. The van der Waals surface area contributed by atoms with Crippen molar-refractivity contribution in [2.24, 2.45) is 0 Å². The fourth-order valence-electron chi connectivity index (χ4n) is 3.99. The maximum Gasteiger partial charge on any atom is 0.255 e. The molecule has 0 radical (unpaired) electrons. The number of anilines is 2. The summed E-state index contributed by atoms with van der Waals surface area (Å²) < 4.78 is 10.5. The highest BCUT2D eigenvalue weighted by atomic mass is 32.2. The highest BCUT2D eigenvalue weighted by molar-refractivity contribution is 8.00. The van der Waals surface area contributed by atoms with E-state index in [0.717, 1.165) is 27.3 Å². The second kappa shape index (κ2) is 12.3. The van der Waals surface area contributed by atoms with E-state index in [4.69, 9.17) is 9.47 Å². The molecule has 0 fully saturated rings. The molecule has 4 aromatic rings. The lowest BCUT2D eigenvalue weighted by atomic mass is 10.1. The first kappa shape index (κ1) is 26.8. The number of rotatable bonds is 9. The molecule has 0 spiro atoms. The molecular formula is C31H30N2O4S. The van der Waals surface area contributed by atoms with Crippen molar-refractivity contribution in [1.29, 1.82) is 0 Å². The van der Waals surface area contributed by atoms with Crippen LogP contribution in [-0.4, -0.2) is 26.0 Å². The number of thioether (sulfide) groups is 1. The van der Waals surface area contributed by atoms with Crippen molar-refractivity contribution in [3.63, 3.8) is 0 Å². The number of ether oxygens (including phenoxy) is 2. The lowest BCUT2D eigenvalue weighted by Gasteiger charge is -2.18. The normalized spacial score (nSPS) is 11.4. The Morgan fingerprint density at radius 2 is 1.47 bits per heavy atom. The third-order valence-corrected chi connectivity index (χ3v) is 7.26. The SMILES string of the molecule is COc1ccc(C(=O)Nc2ccc(SC(C(=O)Nc3ccc(C)cc3C)c3ccccc3)cc2)cc1OC. The van der Waals surface area contributed by atoms with Crippen molar-refractivity contribution in [2.75, 3.05) is 24.9 Å². The smallest absolute Gasteiger partial charge is 0.255 e. The average Bonchev–Trinajstić information content (AvgIpc) is 2.94. The zero-order valence-electron chi connectivity index (χ0n) is 21.8. The summed E-state index contributed by atoms with van der Waals surface area (Å²) in [6.45, 7) is 4.02. The van der Waals surface area contributed by atoms with Gasteiger partial charge in [-0.25, -0.2) is 0 Å². The van der Waals surface area contributed by atoms with Crippen LogP contribution in [0.5, 0.6) is 11.5 Å². The van der Waals surface area contributed by atoms with E-state index in [1.807, 2.05) is 80.6 Å². The molecule has 0 heterocycles. The van der Waals surface area contributed by atoms with Gasteiger partial charge in [-0.3, -0.25) is 9.59 Å². The first-order chi connectivity index (χ1) is 18.4. The lowest BCUT2D eigenvalue weighted by Crippen LogP contribution is -2.19. The molecule has 0 bridgehead atoms. The Morgan fingerprint density at radius 3 is 2.13 bits per heavy atom. The monoisotopic (exact) mass is 526 g/mol. The summed E-state index contributed by atoms with van der Waals surface area (Å²) >= 11 is 1.46. The van der Waals surface area contributed by atoms with Gasteiger partial charge in [0.2, 0.25) is 5.91 Å². The van der Waals surface area contributed by atoms with Gasteiger partial charge in [-0.1, -0.05) is 48.0 Å². The molecule has 194 valence electrons. The Hall–Kier alpha value is -4.23. The van der Waals surface area contributed by atoms with Crippen molar-refractivity contribution in [3.8, 4) is 11.5 Å². The zero-order chi connectivity index (χ0) is 27.1. The van der Waals surface area contributed by atoms with Gasteiger partial charge >= 0.3 is 0 Å². The van der Waals surface area contributed by atoms with Gasteiger partial charge in [-0.15, -0.1) is 11.8 Å². The number of nitrogens with one attached hydrogen (secondary N) is 2. The molecule has 4 aromatic carbocycles. The van der Waals surface area contributed by atoms with Crippen LogP contribution >= 0.6 is 11.8 Å². The van der Waals surface area contributed by atoms with Gasteiger partial charge < -0.3 is 20.1 Å². The third kappa shape index (κ3) is 6.55. The van der Waals surface area contributed by atoms with Crippen LogP contribution in [0.3, 0.4) is 0 Å². The van der Waals surface area contributed by atoms with E-state index in [1.165, 1.54) is 18.9 Å². The van der Waals surface area contributed by atoms with Crippen molar-refractivity contribution in [3.05, 3.63) is 113 Å². The maximum atomic E-state index is 13.4. The molecule has 7 heteroatoms. The minimum Gasteiger partial charge on any atom is -0.493 e. The first-order valence-corrected chi connectivity index (χ1v) is 13.0. The topological polar surface area (TPSA) is 76.7 Å². The predicted molar refractivity (Wildman–Crippen MR) is 154 cm³/mol. The molecule has 0 aromatic heterocycles. The molecule has 6 nitrogen and oxygen atoms in total. The number of benzene rings is 4. The van der Waals surface area contributed by atoms with E-state index >= 15 is 0 Å². The van der Waals surface area contributed by atoms with Crippen LogP contribution in [0.1, 0.15) is 32.3 Å². The maximum absolute atomic E-state index is 13.4. The summed E-state index contributed by atoms with van der Waals surface area (Å²) in [5.74, 6) is 0.679. The molecule has 0 aliphatic rings. The van der Waals surface area contributed by atoms with Gasteiger partial charge in [-0.05, 0) is 73.5 Å². The van der Waals surface area contributed by atoms with E-state index in [-0.39, 0.29) is 11.8 Å². The second-order valence-corrected chi connectivity index (χ2v) is 9.94. The van der Waals surface area contributed by atoms with Gasteiger partial charge in [0.25, 0.3) is 5.91 Å². The first-order valence-electron chi connectivity index (χ1n) is 12.1. The molecule has 1 unspecified atom stereocenters. The average molecular weight is 527 g/mol.